The zero-order valence-electron chi connectivity index (χ0n) is 15.2. The molecular formula is C20H24N2O3S. The lowest BCUT2D eigenvalue weighted by Gasteiger charge is -2.27. The van der Waals surface area contributed by atoms with Crippen LogP contribution in [0.15, 0.2) is 47.4 Å². The van der Waals surface area contributed by atoms with E-state index in [0.29, 0.717) is 16.9 Å². The van der Waals surface area contributed by atoms with Crippen LogP contribution in [0.2, 0.25) is 0 Å². The highest BCUT2D eigenvalue weighted by Gasteiger charge is 2.29. The third-order valence-electron chi connectivity index (χ3n) is 4.55. The summed E-state index contributed by atoms with van der Waals surface area (Å²) in [5.74, 6) is 0.0154. The fourth-order valence-corrected chi connectivity index (χ4v) is 4.86. The summed E-state index contributed by atoms with van der Waals surface area (Å²) in [6, 6.07) is 12.7. The van der Waals surface area contributed by atoms with Crippen LogP contribution in [0.4, 0.5) is 5.69 Å². The summed E-state index contributed by atoms with van der Waals surface area (Å²) in [5.41, 5.74) is 3.12. The summed E-state index contributed by atoms with van der Waals surface area (Å²) in [5, 5.41) is 6.32. The molecule has 1 atom stereocenters. The van der Waals surface area contributed by atoms with E-state index in [1.807, 2.05) is 51.1 Å². The van der Waals surface area contributed by atoms with Crippen molar-refractivity contribution >= 4 is 21.4 Å². The van der Waals surface area contributed by atoms with Gasteiger partial charge in [-0.25, -0.2) is 8.42 Å². The number of carbonyl (C=O) groups is 1. The van der Waals surface area contributed by atoms with Crippen molar-refractivity contribution in [3.8, 4) is 0 Å². The summed E-state index contributed by atoms with van der Waals surface area (Å²) >= 11 is 0. The van der Waals surface area contributed by atoms with Crippen LogP contribution in [0.1, 0.15) is 47.8 Å². The second-order valence-electron chi connectivity index (χ2n) is 7.00. The van der Waals surface area contributed by atoms with Gasteiger partial charge in [-0.15, -0.1) is 0 Å². The molecule has 0 fully saturated rings. The second-order valence-corrected chi connectivity index (χ2v) is 9.08. The number of benzene rings is 2. The molecule has 5 nitrogen and oxygen atoms in total. The summed E-state index contributed by atoms with van der Waals surface area (Å²) in [7, 11) is -3.21. The van der Waals surface area contributed by atoms with E-state index in [-0.39, 0.29) is 23.7 Å². The zero-order chi connectivity index (χ0) is 18.9. The maximum Gasteiger partial charge on any atom is 0.251 e. The van der Waals surface area contributed by atoms with Crippen molar-refractivity contribution in [1.29, 1.82) is 0 Å². The molecule has 2 aromatic rings. The number of hydrogen-bond acceptors (Lipinski definition) is 4. The largest absolute Gasteiger partial charge is 0.378 e. The van der Waals surface area contributed by atoms with Crippen molar-refractivity contribution < 1.29 is 13.2 Å². The molecule has 0 aromatic heterocycles. The van der Waals surface area contributed by atoms with Gasteiger partial charge in [0.1, 0.15) is 0 Å². The fraction of sp³-hybridized carbons (Fsp3) is 0.350. The van der Waals surface area contributed by atoms with Gasteiger partial charge >= 0.3 is 0 Å². The minimum absolute atomic E-state index is 0.0638. The van der Waals surface area contributed by atoms with Gasteiger partial charge in [0.25, 0.3) is 5.91 Å². The van der Waals surface area contributed by atoms with Gasteiger partial charge in [-0.3, -0.25) is 4.79 Å². The van der Waals surface area contributed by atoms with E-state index in [4.69, 9.17) is 0 Å². The molecule has 138 valence electrons. The molecule has 1 amide bonds. The Morgan fingerprint density at radius 3 is 2.62 bits per heavy atom. The standard InChI is InChI=1S/C20H24N2O3S/c1-13(2)21-20(23)17-12-15(9-8-14(17)3)22-18-10-11-26(24,25)19-7-5-4-6-16(18)19/h4-9,12-13,18,22H,10-11H2,1-3H3,(H,21,23). The maximum absolute atomic E-state index is 12.4. The van der Waals surface area contributed by atoms with Gasteiger partial charge in [-0.05, 0) is 56.5 Å². The van der Waals surface area contributed by atoms with E-state index in [2.05, 4.69) is 10.6 Å². The molecule has 0 spiro atoms. The number of carbonyl (C=O) groups excluding carboxylic acids is 1. The molecule has 0 saturated heterocycles. The minimum atomic E-state index is -3.21. The lowest BCUT2D eigenvalue weighted by Crippen LogP contribution is -2.30. The van der Waals surface area contributed by atoms with Crippen molar-refractivity contribution in [3.63, 3.8) is 0 Å². The van der Waals surface area contributed by atoms with Crippen LogP contribution in [0.25, 0.3) is 0 Å². The minimum Gasteiger partial charge on any atom is -0.378 e. The monoisotopic (exact) mass is 372 g/mol. The first-order valence-electron chi connectivity index (χ1n) is 8.77. The van der Waals surface area contributed by atoms with Gasteiger partial charge in [0.15, 0.2) is 9.84 Å². The van der Waals surface area contributed by atoms with E-state index in [1.54, 1.807) is 12.1 Å². The Bertz CT molecular complexity index is 936. The summed E-state index contributed by atoms with van der Waals surface area (Å²) in [6.45, 7) is 5.75. The number of rotatable bonds is 4. The first kappa shape index (κ1) is 18.5. The molecular weight excluding hydrogens is 348 g/mol. The van der Waals surface area contributed by atoms with Gasteiger partial charge < -0.3 is 10.6 Å². The molecule has 1 aliphatic heterocycles. The number of amides is 1. The Morgan fingerprint density at radius 2 is 1.88 bits per heavy atom. The van der Waals surface area contributed by atoms with Crippen LogP contribution in [-0.4, -0.2) is 26.1 Å². The van der Waals surface area contributed by atoms with E-state index >= 15 is 0 Å². The highest BCUT2D eigenvalue weighted by Crippen LogP contribution is 2.34. The molecule has 1 aliphatic rings. The van der Waals surface area contributed by atoms with Crippen LogP contribution in [-0.2, 0) is 9.84 Å². The normalized spacial score (nSPS) is 18.2. The van der Waals surface area contributed by atoms with Crippen LogP contribution < -0.4 is 10.6 Å². The fourth-order valence-electron chi connectivity index (χ4n) is 3.24. The van der Waals surface area contributed by atoms with Gasteiger partial charge in [0.05, 0.1) is 16.7 Å². The van der Waals surface area contributed by atoms with Crippen LogP contribution in [0.3, 0.4) is 0 Å². The van der Waals surface area contributed by atoms with Crippen LogP contribution in [0.5, 0.6) is 0 Å². The summed E-state index contributed by atoms with van der Waals surface area (Å²) < 4.78 is 24.6. The van der Waals surface area contributed by atoms with E-state index in [1.165, 1.54) is 0 Å². The third-order valence-corrected chi connectivity index (χ3v) is 6.36. The van der Waals surface area contributed by atoms with Crippen molar-refractivity contribution in [2.24, 2.45) is 0 Å². The van der Waals surface area contributed by atoms with Crippen molar-refractivity contribution in [2.45, 2.75) is 44.2 Å². The average molecular weight is 372 g/mol. The molecule has 0 bridgehead atoms. The van der Waals surface area contributed by atoms with Crippen molar-refractivity contribution in [3.05, 3.63) is 59.2 Å². The highest BCUT2D eigenvalue weighted by atomic mass is 32.2. The Kier molecular flexibility index (Phi) is 5.05. The van der Waals surface area contributed by atoms with Gasteiger partial charge in [0, 0.05) is 17.3 Å². The van der Waals surface area contributed by atoms with Crippen LogP contribution >= 0.6 is 0 Å². The quantitative estimate of drug-likeness (QED) is 0.862. The van der Waals surface area contributed by atoms with Crippen LogP contribution in [0, 0.1) is 6.92 Å². The molecule has 6 heteroatoms. The first-order chi connectivity index (χ1) is 12.3. The van der Waals surface area contributed by atoms with E-state index in [9.17, 15) is 13.2 Å². The Labute approximate surface area is 154 Å². The molecule has 2 aromatic carbocycles. The first-order valence-corrected chi connectivity index (χ1v) is 10.4. The van der Waals surface area contributed by atoms with Gasteiger partial charge in [0.2, 0.25) is 0 Å². The topological polar surface area (TPSA) is 75.3 Å². The average Bonchev–Trinajstić information content (AvgIpc) is 2.58. The van der Waals surface area contributed by atoms with E-state index in [0.717, 1.165) is 16.8 Å². The summed E-state index contributed by atoms with van der Waals surface area (Å²) in [4.78, 5) is 12.8. The third kappa shape index (κ3) is 3.75. The van der Waals surface area contributed by atoms with E-state index < -0.39 is 9.84 Å². The van der Waals surface area contributed by atoms with Crippen molar-refractivity contribution in [1.82, 2.24) is 5.32 Å². The second kappa shape index (κ2) is 7.11. The predicted molar refractivity (Wildman–Crippen MR) is 103 cm³/mol. The molecule has 3 rings (SSSR count). The Morgan fingerprint density at radius 1 is 1.15 bits per heavy atom. The predicted octanol–water partition coefficient (Wildman–Crippen LogP) is 3.46. The molecule has 1 unspecified atom stereocenters. The molecule has 2 N–H and O–H groups in total. The molecule has 0 aliphatic carbocycles. The molecule has 1 heterocycles. The number of aryl methyl sites for hydroxylation is 1. The zero-order valence-corrected chi connectivity index (χ0v) is 16.1. The summed E-state index contributed by atoms with van der Waals surface area (Å²) in [6.07, 6.45) is 0.501. The maximum atomic E-state index is 12.4. The number of nitrogens with one attached hydrogen (secondary N) is 2. The number of sulfone groups is 1. The SMILES string of the molecule is Cc1ccc(NC2CCS(=O)(=O)c3ccccc32)cc1C(=O)NC(C)C. The van der Waals surface area contributed by atoms with Gasteiger partial charge in [-0.1, -0.05) is 24.3 Å². The Hall–Kier alpha value is -2.34. The number of hydrogen-bond donors (Lipinski definition) is 2. The highest BCUT2D eigenvalue weighted by molar-refractivity contribution is 7.91. The number of anilines is 1. The number of fused-ring (bicyclic) bond motifs is 1. The molecule has 26 heavy (non-hydrogen) atoms. The smallest absolute Gasteiger partial charge is 0.251 e. The van der Waals surface area contributed by atoms with Gasteiger partial charge in [-0.2, -0.15) is 0 Å². The lowest BCUT2D eigenvalue weighted by molar-refractivity contribution is 0.0942. The lowest BCUT2D eigenvalue weighted by atomic mass is 10.0. The Balaban J connectivity index is 1.89. The molecule has 0 saturated carbocycles. The molecule has 0 radical (unpaired) electrons. The van der Waals surface area contributed by atoms with Crippen molar-refractivity contribution in [2.75, 3.05) is 11.1 Å².